The summed E-state index contributed by atoms with van der Waals surface area (Å²) in [5.41, 5.74) is 10.8. The Hall–Kier alpha value is -1.79. The third-order valence-corrected chi connectivity index (χ3v) is 7.08. The first-order valence-electron chi connectivity index (χ1n) is 11.1. The summed E-state index contributed by atoms with van der Waals surface area (Å²) in [6.45, 7) is 3.89. The van der Waals surface area contributed by atoms with E-state index in [0.717, 1.165) is 58.3 Å². The second-order valence-corrected chi connectivity index (χ2v) is 8.89. The number of nitrogens with two attached hydrogens (primary N) is 1. The molecular weight excluding hydrogens is 443 g/mol. The fourth-order valence-electron chi connectivity index (χ4n) is 5.12. The molecule has 2 N–H and O–H groups in total. The molecular formula is C25H36Cl2N4O. The summed E-state index contributed by atoms with van der Waals surface area (Å²) in [5.74, 6) is -0.190. The zero-order valence-electron chi connectivity index (χ0n) is 19.1. The summed E-state index contributed by atoms with van der Waals surface area (Å²) < 4.78 is 0. The predicted octanol–water partition coefficient (Wildman–Crippen LogP) is 4.04. The van der Waals surface area contributed by atoms with Gasteiger partial charge in [-0.15, -0.1) is 24.8 Å². The highest BCUT2D eigenvalue weighted by molar-refractivity contribution is 5.86. The molecule has 0 unspecified atom stereocenters. The number of carbonyl (C=O) groups excluding carboxylic acids is 1. The number of fused-ring (bicyclic) bond motifs is 2. The Kier molecular flexibility index (Phi) is 9.40. The van der Waals surface area contributed by atoms with Crippen LogP contribution in [-0.4, -0.2) is 61.5 Å². The van der Waals surface area contributed by atoms with Crippen LogP contribution >= 0.6 is 24.8 Å². The topological polar surface area (TPSA) is 52.8 Å². The largest absolute Gasteiger partial charge is 0.368 e. The van der Waals surface area contributed by atoms with E-state index in [-0.39, 0.29) is 30.7 Å². The van der Waals surface area contributed by atoms with Crippen molar-refractivity contribution in [3.63, 3.8) is 0 Å². The number of rotatable bonds is 6. The van der Waals surface area contributed by atoms with E-state index < -0.39 is 5.54 Å². The van der Waals surface area contributed by atoms with Crippen LogP contribution in [0.1, 0.15) is 30.4 Å². The van der Waals surface area contributed by atoms with Gasteiger partial charge in [0.15, 0.2) is 0 Å². The number of para-hydroxylation sites is 2. The number of carbonyl (C=O) groups is 1. The Bertz CT molecular complexity index is 850. The summed E-state index contributed by atoms with van der Waals surface area (Å²) in [5, 5.41) is 0. The van der Waals surface area contributed by atoms with E-state index in [9.17, 15) is 4.79 Å². The molecule has 2 heterocycles. The molecule has 2 aromatic rings. The van der Waals surface area contributed by atoms with Gasteiger partial charge in [0.2, 0.25) is 5.91 Å². The molecule has 7 heteroatoms. The minimum Gasteiger partial charge on any atom is -0.368 e. The van der Waals surface area contributed by atoms with Crippen molar-refractivity contribution in [2.45, 2.75) is 37.6 Å². The number of hydrogen-bond acceptors (Lipinski definition) is 4. The summed E-state index contributed by atoms with van der Waals surface area (Å²) >= 11 is 0. The fourth-order valence-corrected chi connectivity index (χ4v) is 5.12. The second-order valence-electron chi connectivity index (χ2n) is 8.89. The highest BCUT2D eigenvalue weighted by Crippen LogP contribution is 2.36. The van der Waals surface area contributed by atoms with Crippen molar-refractivity contribution < 1.29 is 4.79 Å². The van der Waals surface area contributed by atoms with Gasteiger partial charge >= 0.3 is 0 Å². The van der Waals surface area contributed by atoms with Crippen LogP contribution in [0.2, 0.25) is 0 Å². The Labute approximate surface area is 204 Å². The minimum atomic E-state index is -0.487. The van der Waals surface area contributed by atoms with E-state index in [1.165, 1.54) is 22.5 Å². The van der Waals surface area contributed by atoms with Crippen LogP contribution in [0.4, 0.5) is 11.4 Å². The number of anilines is 2. The van der Waals surface area contributed by atoms with Crippen molar-refractivity contribution in [2.75, 3.05) is 45.2 Å². The maximum Gasteiger partial charge on any atom is 0.238 e. The van der Waals surface area contributed by atoms with Gasteiger partial charge in [0.25, 0.3) is 0 Å². The van der Waals surface area contributed by atoms with Gasteiger partial charge in [-0.3, -0.25) is 9.69 Å². The average molecular weight is 479 g/mol. The number of likely N-dealkylation sites (tertiary alicyclic amines) is 1. The predicted molar refractivity (Wildman–Crippen MR) is 138 cm³/mol. The lowest BCUT2D eigenvalue weighted by molar-refractivity contribution is -0.131. The van der Waals surface area contributed by atoms with Crippen LogP contribution in [0.25, 0.3) is 0 Å². The number of halogens is 2. The number of hydrogen-bond donors (Lipinski definition) is 1. The molecule has 2 aliphatic heterocycles. The summed E-state index contributed by atoms with van der Waals surface area (Å²) in [6.07, 6.45) is 4.90. The van der Waals surface area contributed by atoms with Gasteiger partial charge < -0.3 is 15.5 Å². The van der Waals surface area contributed by atoms with Gasteiger partial charge in [0.1, 0.15) is 5.54 Å². The molecule has 0 radical (unpaired) electrons. The molecule has 32 heavy (non-hydrogen) atoms. The van der Waals surface area contributed by atoms with Gasteiger partial charge in [0, 0.05) is 31.0 Å². The molecule has 0 saturated carbocycles. The number of amides is 1. The maximum absolute atomic E-state index is 12.1. The Morgan fingerprint density at radius 3 is 1.88 bits per heavy atom. The summed E-state index contributed by atoms with van der Waals surface area (Å²) in [4.78, 5) is 19.1. The molecule has 0 aromatic heterocycles. The normalized spacial score (nSPS) is 17.4. The molecule has 4 rings (SSSR count). The van der Waals surface area contributed by atoms with Gasteiger partial charge in [-0.25, -0.2) is 0 Å². The zero-order chi connectivity index (χ0) is 21.1. The molecule has 1 amide bonds. The third-order valence-electron chi connectivity index (χ3n) is 7.08. The zero-order valence-corrected chi connectivity index (χ0v) is 20.8. The molecule has 0 aliphatic carbocycles. The van der Waals surface area contributed by atoms with Gasteiger partial charge in [-0.1, -0.05) is 36.4 Å². The van der Waals surface area contributed by atoms with Crippen LogP contribution in [0.3, 0.4) is 0 Å². The highest BCUT2D eigenvalue weighted by atomic mass is 35.5. The molecule has 176 valence electrons. The Balaban J connectivity index is 0.00000181. The first kappa shape index (κ1) is 26.5. The molecule has 5 nitrogen and oxygen atoms in total. The molecule has 0 atom stereocenters. The van der Waals surface area contributed by atoms with E-state index >= 15 is 0 Å². The lowest BCUT2D eigenvalue weighted by atomic mass is 9.85. The first-order valence-corrected chi connectivity index (χ1v) is 11.1. The second kappa shape index (κ2) is 11.4. The molecule has 0 bridgehead atoms. The maximum atomic E-state index is 12.1. The van der Waals surface area contributed by atoms with Gasteiger partial charge in [-0.05, 0) is 76.0 Å². The van der Waals surface area contributed by atoms with E-state index in [1.54, 1.807) is 0 Å². The Morgan fingerprint density at radius 2 is 1.41 bits per heavy atom. The van der Waals surface area contributed by atoms with Crippen molar-refractivity contribution in [1.29, 1.82) is 0 Å². The number of aryl methyl sites for hydroxylation is 2. The number of nitrogens with zero attached hydrogens (tertiary/aromatic N) is 3. The van der Waals surface area contributed by atoms with E-state index in [2.05, 4.69) is 58.3 Å². The number of benzene rings is 2. The molecule has 0 spiro atoms. The summed E-state index contributed by atoms with van der Waals surface area (Å²) in [7, 11) is 3.93. The number of piperidine rings is 1. The Morgan fingerprint density at radius 1 is 0.906 bits per heavy atom. The first-order chi connectivity index (χ1) is 14.5. The monoisotopic (exact) mass is 478 g/mol. The van der Waals surface area contributed by atoms with Gasteiger partial charge in [-0.2, -0.15) is 0 Å². The van der Waals surface area contributed by atoms with Crippen molar-refractivity contribution in [1.82, 2.24) is 9.80 Å². The van der Waals surface area contributed by atoms with Crippen LogP contribution in [0.15, 0.2) is 48.5 Å². The molecule has 2 aliphatic rings. The summed E-state index contributed by atoms with van der Waals surface area (Å²) in [6, 6.07) is 17.7. The van der Waals surface area contributed by atoms with E-state index in [0.29, 0.717) is 0 Å². The lowest BCUT2D eigenvalue weighted by Crippen LogP contribution is -2.60. The van der Waals surface area contributed by atoms with E-state index in [1.807, 2.05) is 19.0 Å². The van der Waals surface area contributed by atoms with Crippen LogP contribution in [0, 0.1) is 0 Å². The SMILES string of the molecule is CN(C)C1(C(N)=O)CCN(CCCN2c3ccccc3CCc3ccccc32)CC1.Cl.Cl. The molecule has 2 aromatic carbocycles. The van der Waals surface area contributed by atoms with Crippen LogP contribution in [0.5, 0.6) is 0 Å². The smallest absolute Gasteiger partial charge is 0.238 e. The van der Waals surface area contributed by atoms with Crippen molar-refractivity contribution in [2.24, 2.45) is 5.73 Å². The molecule has 1 saturated heterocycles. The van der Waals surface area contributed by atoms with E-state index in [4.69, 9.17) is 5.73 Å². The van der Waals surface area contributed by atoms with Crippen molar-refractivity contribution in [3.05, 3.63) is 59.7 Å². The average Bonchev–Trinajstić information content (AvgIpc) is 2.91. The lowest BCUT2D eigenvalue weighted by Gasteiger charge is -2.43. The minimum absolute atomic E-state index is 0. The quantitative estimate of drug-likeness (QED) is 0.680. The van der Waals surface area contributed by atoms with Crippen LogP contribution < -0.4 is 10.6 Å². The third kappa shape index (κ3) is 5.23. The fraction of sp³-hybridized carbons (Fsp3) is 0.480. The van der Waals surface area contributed by atoms with Crippen LogP contribution in [-0.2, 0) is 17.6 Å². The highest BCUT2D eigenvalue weighted by Gasteiger charge is 2.41. The number of primary amides is 1. The molecule has 1 fully saturated rings. The van der Waals surface area contributed by atoms with Crippen molar-refractivity contribution >= 4 is 42.1 Å². The number of likely N-dealkylation sites (N-methyl/N-ethyl adjacent to an activating group) is 1. The van der Waals surface area contributed by atoms with Gasteiger partial charge in [0.05, 0.1) is 0 Å². The standard InChI is InChI=1S/C25H34N4O.2ClH/c1-27(2)25(24(26)30)14-18-28(19-15-25)16-7-17-29-22-10-5-3-8-20(22)12-13-21-9-4-6-11-23(21)29;;/h3-6,8-11H,7,12-19H2,1-2H3,(H2,26,30);2*1H. The van der Waals surface area contributed by atoms with Crippen molar-refractivity contribution in [3.8, 4) is 0 Å².